The van der Waals surface area contributed by atoms with Crippen LogP contribution in [-0.4, -0.2) is 23.4 Å². The summed E-state index contributed by atoms with van der Waals surface area (Å²) < 4.78 is 4.93. The number of nitrogens with two attached hydrogens (primary N) is 1. The Kier molecular flexibility index (Phi) is 6.15. The Morgan fingerprint density at radius 3 is 2.79 bits per heavy atom. The van der Waals surface area contributed by atoms with Gasteiger partial charge in [0.05, 0.1) is 12.2 Å². The fraction of sp³-hybridized carbons (Fsp3) is 0.286. The number of hydrogen-bond acceptors (Lipinski definition) is 5. The van der Waals surface area contributed by atoms with Gasteiger partial charge in [-0.1, -0.05) is 23.9 Å². The average molecular weight is 279 g/mol. The van der Waals surface area contributed by atoms with Crippen molar-refractivity contribution in [1.29, 1.82) is 0 Å². The third-order valence-corrected chi connectivity index (χ3v) is 3.04. The van der Waals surface area contributed by atoms with Crippen molar-refractivity contribution in [2.75, 3.05) is 18.1 Å². The molecule has 0 amide bonds. The van der Waals surface area contributed by atoms with Crippen LogP contribution in [0.2, 0.25) is 0 Å². The summed E-state index contributed by atoms with van der Waals surface area (Å²) in [4.78, 5) is 22.4. The van der Waals surface area contributed by atoms with Crippen molar-refractivity contribution in [1.82, 2.24) is 0 Å². The third-order valence-electron chi connectivity index (χ3n) is 2.28. The van der Waals surface area contributed by atoms with Crippen LogP contribution >= 0.6 is 11.8 Å². The van der Waals surface area contributed by atoms with Gasteiger partial charge >= 0.3 is 5.97 Å². The van der Waals surface area contributed by atoms with Crippen LogP contribution in [0.3, 0.4) is 0 Å². The highest BCUT2D eigenvalue weighted by atomic mass is 32.2. The summed E-state index contributed by atoms with van der Waals surface area (Å²) >= 11 is 1.22. The van der Waals surface area contributed by atoms with E-state index in [0.717, 1.165) is 5.56 Å². The van der Waals surface area contributed by atoms with E-state index >= 15 is 0 Å². The number of thioether (sulfide) groups is 1. The van der Waals surface area contributed by atoms with E-state index < -0.39 is 0 Å². The molecule has 0 heterocycles. The highest BCUT2D eigenvalue weighted by Crippen LogP contribution is 2.17. The van der Waals surface area contributed by atoms with E-state index in [1.807, 2.05) is 6.08 Å². The second kappa shape index (κ2) is 7.63. The predicted octanol–water partition coefficient (Wildman–Crippen LogP) is 2.74. The van der Waals surface area contributed by atoms with Crippen LogP contribution in [0.5, 0.6) is 0 Å². The summed E-state index contributed by atoms with van der Waals surface area (Å²) in [6.45, 7) is 3.62. The zero-order valence-corrected chi connectivity index (χ0v) is 11.8. The minimum atomic E-state index is -0.365. The van der Waals surface area contributed by atoms with Crippen molar-refractivity contribution in [3.05, 3.63) is 35.4 Å². The first-order valence-electron chi connectivity index (χ1n) is 5.91. The summed E-state index contributed by atoms with van der Waals surface area (Å²) in [7, 11) is 0. The molecule has 0 fully saturated rings. The molecule has 19 heavy (non-hydrogen) atoms. The molecule has 1 aromatic rings. The Morgan fingerprint density at radius 1 is 1.42 bits per heavy atom. The maximum Gasteiger partial charge on any atom is 0.338 e. The predicted molar refractivity (Wildman–Crippen MR) is 79.0 cm³/mol. The van der Waals surface area contributed by atoms with Crippen molar-refractivity contribution in [2.24, 2.45) is 0 Å². The van der Waals surface area contributed by atoms with E-state index in [4.69, 9.17) is 10.5 Å². The van der Waals surface area contributed by atoms with E-state index in [1.54, 1.807) is 31.2 Å². The Morgan fingerprint density at radius 2 is 2.16 bits per heavy atom. The van der Waals surface area contributed by atoms with Crippen LogP contribution < -0.4 is 5.73 Å². The normalized spacial score (nSPS) is 10.6. The summed E-state index contributed by atoms with van der Waals surface area (Å²) in [6, 6.07) is 4.99. The van der Waals surface area contributed by atoms with Gasteiger partial charge in [-0.25, -0.2) is 4.79 Å². The second-order valence-electron chi connectivity index (χ2n) is 3.77. The molecule has 0 saturated carbocycles. The minimum absolute atomic E-state index is 0.0675. The Labute approximate surface area is 117 Å². The molecular weight excluding hydrogens is 262 g/mol. The summed E-state index contributed by atoms with van der Waals surface area (Å²) in [5, 5.41) is 0.0675. The summed E-state index contributed by atoms with van der Waals surface area (Å²) in [5.74, 6) is 0.216. The zero-order valence-electron chi connectivity index (χ0n) is 11.0. The standard InChI is InChI=1S/C14H17NO3S/c1-3-18-14(17)12-6-7-13(15)11(9-12)5-4-8-19-10(2)16/h4-7,9H,3,8,15H2,1-2H3. The minimum Gasteiger partial charge on any atom is -0.462 e. The number of nitrogen functional groups attached to an aromatic ring is 1. The van der Waals surface area contributed by atoms with Crippen molar-refractivity contribution < 1.29 is 14.3 Å². The topological polar surface area (TPSA) is 69.4 Å². The van der Waals surface area contributed by atoms with Gasteiger partial charge in [0.25, 0.3) is 0 Å². The van der Waals surface area contributed by atoms with Gasteiger partial charge in [-0.15, -0.1) is 0 Å². The lowest BCUT2D eigenvalue weighted by Gasteiger charge is -2.05. The van der Waals surface area contributed by atoms with Crippen LogP contribution in [0, 0.1) is 0 Å². The molecule has 0 radical (unpaired) electrons. The van der Waals surface area contributed by atoms with Crippen molar-refractivity contribution >= 4 is 34.6 Å². The number of benzene rings is 1. The fourth-order valence-electron chi connectivity index (χ4n) is 1.40. The van der Waals surface area contributed by atoms with Gasteiger partial charge in [0.15, 0.2) is 5.12 Å². The number of ether oxygens (including phenoxy) is 1. The van der Waals surface area contributed by atoms with Gasteiger partial charge in [-0.2, -0.15) is 0 Å². The summed E-state index contributed by atoms with van der Waals surface area (Å²) in [5.41, 5.74) is 7.62. The monoisotopic (exact) mass is 279 g/mol. The van der Waals surface area contributed by atoms with Gasteiger partial charge in [-0.3, -0.25) is 4.79 Å². The van der Waals surface area contributed by atoms with Gasteiger partial charge in [0.1, 0.15) is 0 Å². The van der Waals surface area contributed by atoms with E-state index in [9.17, 15) is 9.59 Å². The van der Waals surface area contributed by atoms with Gasteiger partial charge in [-0.05, 0) is 30.7 Å². The van der Waals surface area contributed by atoms with Crippen LogP contribution in [-0.2, 0) is 9.53 Å². The van der Waals surface area contributed by atoms with Gasteiger partial charge in [0, 0.05) is 18.4 Å². The molecule has 0 bridgehead atoms. The largest absolute Gasteiger partial charge is 0.462 e. The molecule has 0 unspecified atom stereocenters. The maximum atomic E-state index is 11.6. The molecule has 0 aliphatic carbocycles. The Balaban J connectivity index is 2.79. The Hall–Kier alpha value is -1.75. The summed E-state index contributed by atoms with van der Waals surface area (Å²) in [6.07, 6.45) is 3.64. The maximum absolute atomic E-state index is 11.6. The highest BCUT2D eigenvalue weighted by molar-refractivity contribution is 8.13. The van der Waals surface area contributed by atoms with Crippen LogP contribution in [0.15, 0.2) is 24.3 Å². The lowest BCUT2D eigenvalue weighted by atomic mass is 10.1. The van der Waals surface area contributed by atoms with E-state index in [2.05, 4.69) is 0 Å². The van der Waals surface area contributed by atoms with Gasteiger partial charge < -0.3 is 10.5 Å². The first-order valence-corrected chi connectivity index (χ1v) is 6.89. The van der Waals surface area contributed by atoms with Crippen LogP contribution in [0.4, 0.5) is 5.69 Å². The van der Waals surface area contributed by atoms with Gasteiger partial charge in [0.2, 0.25) is 0 Å². The molecule has 4 nitrogen and oxygen atoms in total. The quantitative estimate of drug-likeness (QED) is 0.663. The number of rotatable bonds is 5. The number of carbonyl (C=O) groups excluding carboxylic acids is 2. The molecule has 2 N–H and O–H groups in total. The Bertz CT molecular complexity index is 497. The molecule has 0 aromatic heterocycles. The van der Waals surface area contributed by atoms with E-state index in [-0.39, 0.29) is 11.1 Å². The first kappa shape index (κ1) is 15.3. The van der Waals surface area contributed by atoms with Crippen molar-refractivity contribution in [2.45, 2.75) is 13.8 Å². The molecule has 0 aliphatic heterocycles. The molecule has 1 aromatic carbocycles. The van der Waals surface area contributed by atoms with Crippen molar-refractivity contribution in [3.8, 4) is 0 Å². The van der Waals surface area contributed by atoms with E-state index in [0.29, 0.717) is 23.6 Å². The highest BCUT2D eigenvalue weighted by Gasteiger charge is 2.07. The van der Waals surface area contributed by atoms with Crippen molar-refractivity contribution in [3.63, 3.8) is 0 Å². The molecule has 0 atom stereocenters. The fourth-order valence-corrected chi connectivity index (χ4v) is 1.83. The smallest absolute Gasteiger partial charge is 0.338 e. The number of hydrogen-bond donors (Lipinski definition) is 1. The SMILES string of the molecule is CCOC(=O)c1ccc(N)c(C=CCSC(C)=O)c1. The number of carbonyl (C=O) groups is 2. The van der Waals surface area contributed by atoms with Crippen LogP contribution in [0.25, 0.3) is 6.08 Å². The molecule has 0 saturated heterocycles. The first-order chi connectivity index (χ1) is 9.04. The number of anilines is 1. The average Bonchev–Trinajstić information content (AvgIpc) is 2.36. The van der Waals surface area contributed by atoms with Crippen LogP contribution in [0.1, 0.15) is 29.8 Å². The number of esters is 1. The van der Waals surface area contributed by atoms with E-state index in [1.165, 1.54) is 18.7 Å². The molecule has 0 aliphatic rings. The molecule has 102 valence electrons. The molecule has 1 rings (SSSR count). The second-order valence-corrected chi connectivity index (χ2v) is 4.97. The molecule has 0 spiro atoms. The third kappa shape index (κ3) is 5.18. The molecular formula is C14H17NO3S. The molecule has 5 heteroatoms. The zero-order chi connectivity index (χ0) is 14.3. The lowest BCUT2D eigenvalue weighted by Crippen LogP contribution is -2.05. The lowest BCUT2D eigenvalue weighted by molar-refractivity contribution is -0.109.